The van der Waals surface area contributed by atoms with Gasteiger partial charge in [-0.2, -0.15) is 0 Å². The molecule has 1 fully saturated rings. The van der Waals surface area contributed by atoms with Crippen LogP contribution in [0.3, 0.4) is 0 Å². The van der Waals surface area contributed by atoms with Crippen molar-refractivity contribution in [1.29, 1.82) is 0 Å². The molecule has 0 spiro atoms. The predicted molar refractivity (Wildman–Crippen MR) is 129 cm³/mol. The van der Waals surface area contributed by atoms with Crippen LogP contribution in [0.4, 0.5) is 11.5 Å². The summed E-state index contributed by atoms with van der Waals surface area (Å²) in [6, 6.07) is 10.9. The topological polar surface area (TPSA) is 123 Å². The van der Waals surface area contributed by atoms with Crippen LogP contribution in [0.1, 0.15) is 31.7 Å². The van der Waals surface area contributed by atoms with Gasteiger partial charge in [0.25, 0.3) is 10.0 Å². The molecule has 1 aliphatic carbocycles. The number of nitrogens with two attached hydrogens (primary N) is 1. The number of phenols is 1. The van der Waals surface area contributed by atoms with Gasteiger partial charge in [-0.25, -0.2) is 18.4 Å². The van der Waals surface area contributed by atoms with Crippen LogP contribution in [0, 0.1) is 0 Å². The highest BCUT2D eigenvalue weighted by Gasteiger charge is 2.23. The standard InChI is InChI=1S/C23H22ClN5O3S/c24-15-6-8-17(9-7-15)33(31,32)28-19-10-5-14(11-20(19)30)18-12-29(16-3-1-2-4-16)23-21(18)22(25)26-13-27-23/h5-13,16,28,30H,1-4H2,(H2,25,26,27). The van der Waals surface area contributed by atoms with E-state index < -0.39 is 10.0 Å². The lowest BCUT2D eigenvalue weighted by Gasteiger charge is -2.12. The molecular weight excluding hydrogens is 462 g/mol. The van der Waals surface area contributed by atoms with Crippen LogP contribution in [-0.4, -0.2) is 28.1 Å². The molecule has 1 saturated carbocycles. The van der Waals surface area contributed by atoms with Crippen molar-refractivity contribution in [2.75, 3.05) is 10.5 Å². The third kappa shape index (κ3) is 3.98. The lowest BCUT2D eigenvalue weighted by molar-refractivity contribution is 0.478. The maximum Gasteiger partial charge on any atom is 0.262 e. The van der Waals surface area contributed by atoms with Crippen LogP contribution in [0.15, 0.2) is 59.9 Å². The molecule has 0 bridgehead atoms. The molecule has 2 aromatic heterocycles. The molecule has 1 aliphatic rings. The van der Waals surface area contributed by atoms with Gasteiger partial charge in [0, 0.05) is 22.8 Å². The minimum atomic E-state index is -3.89. The Balaban J connectivity index is 1.53. The van der Waals surface area contributed by atoms with Gasteiger partial charge in [-0.05, 0) is 54.8 Å². The van der Waals surface area contributed by atoms with E-state index in [0.717, 1.165) is 29.4 Å². The van der Waals surface area contributed by atoms with E-state index in [1.165, 1.54) is 55.6 Å². The van der Waals surface area contributed by atoms with Crippen molar-refractivity contribution in [2.24, 2.45) is 0 Å². The number of hydrogen-bond acceptors (Lipinski definition) is 6. The molecule has 0 atom stereocenters. The molecule has 0 saturated heterocycles. The summed E-state index contributed by atoms with van der Waals surface area (Å²) >= 11 is 5.84. The second-order valence-electron chi connectivity index (χ2n) is 8.14. The lowest BCUT2D eigenvalue weighted by Crippen LogP contribution is -2.12. The molecule has 0 aliphatic heterocycles. The zero-order valence-electron chi connectivity index (χ0n) is 17.6. The first kappa shape index (κ1) is 21.5. The number of aromatic hydroxyl groups is 1. The van der Waals surface area contributed by atoms with Crippen LogP contribution in [0.2, 0.25) is 5.02 Å². The van der Waals surface area contributed by atoms with E-state index in [-0.39, 0.29) is 16.3 Å². The molecule has 0 radical (unpaired) electrons. The first-order valence-electron chi connectivity index (χ1n) is 10.6. The van der Waals surface area contributed by atoms with Gasteiger partial charge >= 0.3 is 0 Å². The minimum Gasteiger partial charge on any atom is -0.506 e. The average molecular weight is 484 g/mol. The number of halogens is 1. The Morgan fingerprint density at radius 3 is 2.52 bits per heavy atom. The molecular formula is C23H22ClN5O3S. The van der Waals surface area contributed by atoms with E-state index in [2.05, 4.69) is 19.3 Å². The summed E-state index contributed by atoms with van der Waals surface area (Å²) in [7, 11) is -3.89. The van der Waals surface area contributed by atoms with E-state index in [4.69, 9.17) is 17.3 Å². The second kappa shape index (κ2) is 8.24. The third-order valence-corrected chi connectivity index (χ3v) is 7.67. The largest absolute Gasteiger partial charge is 0.506 e. The molecule has 170 valence electrons. The highest BCUT2D eigenvalue weighted by atomic mass is 35.5. The summed E-state index contributed by atoms with van der Waals surface area (Å²) in [5, 5.41) is 11.8. The van der Waals surface area contributed by atoms with Crippen LogP contribution in [-0.2, 0) is 10.0 Å². The summed E-state index contributed by atoms with van der Waals surface area (Å²) in [5.74, 6) is 0.154. The van der Waals surface area contributed by atoms with Crippen LogP contribution in [0.25, 0.3) is 22.2 Å². The Morgan fingerprint density at radius 1 is 1.09 bits per heavy atom. The predicted octanol–water partition coefficient (Wildman–Crippen LogP) is 4.96. The van der Waals surface area contributed by atoms with Crippen molar-refractivity contribution in [3.8, 4) is 16.9 Å². The maximum atomic E-state index is 12.7. The molecule has 5 rings (SSSR count). The van der Waals surface area contributed by atoms with Gasteiger partial charge in [0.05, 0.1) is 16.0 Å². The number of aromatic nitrogens is 3. The summed E-state index contributed by atoms with van der Waals surface area (Å²) in [5.41, 5.74) is 8.51. The number of fused-ring (bicyclic) bond motifs is 1. The molecule has 8 nitrogen and oxygen atoms in total. The Labute approximate surface area is 196 Å². The van der Waals surface area contributed by atoms with Crippen molar-refractivity contribution in [3.05, 3.63) is 60.0 Å². The van der Waals surface area contributed by atoms with Crippen molar-refractivity contribution in [1.82, 2.24) is 14.5 Å². The Hall–Kier alpha value is -3.30. The minimum absolute atomic E-state index is 0.0416. The zero-order chi connectivity index (χ0) is 23.2. The molecule has 0 amide bonds. The Bertz CT molecular complexity index is 1450. The van der Waals surface area contributed by atoms with E-state index in [1.807, 2.05) is 6.20 Å². The normalized spacial score (nSPS) is 14.7. The summed E-state index contributed by atoms with van der Waals surface area (Å²) in [6.07, 6.45) is 7.94. The number of rotatable bonds is 5. The number of hydrogen-bond donors (Lipinski definition) is 3. The van der Waals surface area contributed by atoms with Crippen molar-refractivity contribution in [2.45, 2.75) is 36.6 Å². The van der Waals surface area contributed by atoms with Gasteiger partial charge in [-0.15, -0.1) is 0 Å². The summed E-state index contributed by atoms with van der Waals surface area (Å²) in [4.78, 5) is 8.66. The van der Waals surface area contributed by atoms with E-state index in [0.29, 0.717) is 22.4 Å². The number of anilines is 2. The zero-order valence-corrected chi connectivity index (χ0v) is 19.1. The average Bonchev–Trinajstić information content (AvgIpc) is 3.44. The molecule has 2 aromatic carbocycles. The quantitative estimate of drug-likeness (QED) is 0.345. The van der Waals surface area contributed by atoms with Crippen LogP contribution >= 0.6 is 11.6 Å². The number of benzene rings is 2. The Kier molecular flexibility index (Phi) is 5.38. The summed E-state index contributed by atoms with van der Waals surface area (Å²) in [6.45, 7) is 0. The number of nitrogen functional groups attached to an aromatic ring is 1. The van der Waals surface area contributed by atoms with Crippen molar-refractivity contribution >= 4 is 44.2 Å². The molecule has 0 unspecified atom stereocenters. The fourth-order valence-corrected chi connectivity index (χ4v) is 5.59. The van der Waals surface area contributed by atoms with Crippen molar-refractivity contribution in [3.63, 3.8) is 0 Å². The third-order valence-electron chi connectivity index (χ3n) is 6.03. The van der Waals surface area contributed by atoms with Gasteiger partial charge in [0.15, 0.2) is 0 Å². The van der Waals surface area contributed by atoms with Crippen LogP contribution in [0.5, 0.6) is 5.75 Å². The highest BCUT2D eigenvalue weighted by Crippen LogP contribution is 2.40. The molecule has 2 heterocycles. The number of sulfonamides is 1. The first-order chi connectivity index (χ1) is 15.8. The van der Waals surface area contributed by atoms with Crippen molar-refractivity contribution < 1.29 is 13.5 Å². The SMILES string of the molecule is Nc1ncnc2c1c(-c1ccc(NS(=O)(=O)c3ccc(Cl)cc3)c(O)c1)cn2C1CCCC1. The summed E-state index contributed by atoms with van der Waals surface area (Å²) < 4.78 is 29.9. The first-order valence-corrected chi connectivity index (χ1v) is 12.4. The fraction of sp³-hybridized carbons (Fsp3) is 0.217. The molecule has 4 aromatic rings. The van der Waals surface area contributed by atoms with Crippen LogP contribution < -0.4 is 10.5 Å². The van der Waals surface area contributed by atoms with E-state index >= 15 is 0 Å². The number of phenolic OH excluding ortho intramolecular Hbond substituents is 1. The van der Waals surface area contributed by atoms with Gasteiger partial charge in [0.2, 0.25) is 0 Å². The van der Waals surface area contributed by atoms with Gasteiger partial charge < -0.3 is 15.4 Å². The smallest absolute Gasteiger partial charge is 0.262 e. The van der Waals surface area contributed by atoms with Gasteiger partial charge in [0.1, 0.15) is 23.5 Å². The van der Waals surface area contributed by atoms with E-state index in [9.17, 15) is 13.5 Å². The number of nitrogens with zero attached hydrogens (tertiary/aromatic N) is 3. The highest BCUT2D eigenvalue weighted by molar-refractivity contribution is 7.92. The maximum absolute atomic E-state index is 12.7. The number of nitrogens with one attached hydrogen (secondary N) is 1. The fourth-order valence-electron chi connectivity index (χ4n) is 4.39. The second-order valence-corrected chi connectivity index (χ2v) is 10.3. The molecule has 10 heteroatoms. The Morgan fingerprint density at radius 2 is 1.82 bits per heavy atom. The van der Waals surface area contributed by atoms with E-state index in [1.54, 1.807) is 6.07 Å². The molecule has 33 heavy (non-hydrogen) atoms. The van der Waals surface area contributed by atoms with Gasteiger partial charge in [-0.1, -0.05) is 30.5 Å². The monoisotopic (exact) mass is 483 g/mol. The lowest BCUT2D eigenvalue weighted by atomic mass is 10.1. The van der Waals surface area contributed by atoms with Gasteiger partial charge in [-0.3, -0.25) is 4.72 Å². The molecule has 4 N–H and O–H groups in total.